The van der Waals surface area contributed by atoms with Crippen LogP contribution in [0.25, 0.3) is 0 Å². The number of anilines is 1. The summed E-state index contributed by atoms with van der Waals surface area (Å²) in [5.41, 5.74) is 7.83. The van der Waals surface area contributed by atoms with Gasteiger partial charge < -0.3 is 16.0 Å². The number of hydrogen-bond acceptors (Lipinski definition) is 4. The molecule has 1 aromatic rings. The number of piperidine rings is 1. The molecule has 0 atom stereocenters. The van der Waals surface area contributed by atoms with E-state index in [1.54, 1.807) is 7.05 Å². The van der Waals surface area contributed by atoms with E-state index in [4.69, 9.17) is 5.73 Å². The van der Waals surface area contributed by atoms with Crippen molar-refractivity contribution >= 4 is 11.7 Å². The van der Waals surface area contributed by atoms with Crippen molar-refractivity contribution in [1.82, 2.24) is 10.3 Å². The zero-order valence-corrected chi connectivity index (χ0v) is 11.6. The Morgan fingerprint density at radius 3 is 2.74 bits per heavy atom. The number of nitrogens with one attached hydrogen (secondary N) is 1. The number of nitrogens with zero attached hydrogens (tertiary/aromatic N) is 2. The van der Waals surface area contributed by atoms with E-state index in [1.165, 1.54) is 0 Å². The second kappa shape index (κ2) is 6.02. The standard InChI is InChI=1S/C14H22N4O/c1-10-7-11(8-15)9-17-13(10)18-5-3-12(4-6-18)14(19)16-2/h7,9,12H,3-6,8,15H2,1-2H3,(H,16,19). The van der Waals surface area contributed by atoms with Gasteiger partial charge in [0.05, 0.1) is 0 Å². The van der Waals surface area contributed by atoms with Crippen LogP contribution < -0.4 is 16.0 Å². The molecule has 0 unspecified atom stereocenters. The van der Waals surface area contributed by atoms with Gasteiger partial charge in [0.1, 0.15) is 5.82 Å². The van der Waals surface area contributed by atoms with Gasteiger partial charge in [0.2, 0.25) is 5.91 Å². The van der Waals surface area contributed by atoms with Gasteiger partial charge in [-0.2, -0.15) is 0 Å². The molecule has 1 aliphatic heterocycles. The van der Waals surface area contributed by atoms with Crippen molar-refractivity contribution in [3.05, 3.63) is 23.4 Å². The van der Waals surface area contributed by atoms with Crippen LogP contribution >= 0.6 is 0 Å². The lowest BCUT2D eigenvalue weighted by Gasteiger charge is -2.32. The summed E-state index contributed by atoms with van der Waals surface area (Å²) < 4.78 is 0. The lowest BCUT2D eigenvalue weighted by Crippen LogP contribution is -2.40. The Labute approximate surface area is 114 Å². The van der Waals surface area contributed by atoms with Crippen LogP contribution in [0.4, 0.5) is 5.82 Å². The lowest BCUT2D eigenvalue weighted by molar-refractivity contribution is -0.125. The van der Waals surface area contributed by atoms with E-state index in [1.807, 2.05) is 6.20 Å². The van der Waals surface area contributed by atoms with Crippen LogP contribution in [-0.2, 0) is 11.3 Å². The molecule has 1 aromatic heterocycles. The Bertz CT molecular complexity index is 453. The van der Waals surface area contributed by atoms with Crippen LogP contribution in [0.3, 0.4) is 0 Å². The van der Waals surface area contributed by atoms with E-state index < -0.39 is 0 Å². The highest BCUT2D eigenvalue weighted by atomic mass is 16.1. The van der Waals surface area contributed by atoms with Gasteiger partial charge in [0.15, 0.2) is 0 Å². The largest absolute Gasteiger partial charge is 0.359 e. The van der Waals surface area contributed by atoms with Crippen molar-refractivity contribution < 1.29 is 4.79 Å². The van der Waals surface area contributed by atoms with E-state index in [0.29, 0.717) is 6.54 Å². The maximum Gasteiger partial charge on any atom is 0.222 e. The fourth-order valence-corrected chi connectivity index (χ4v) is 2.63. The topological polar surface area (TPSA) is 71.2 Å². The highest BCUT2D eigenvalue weighted by molar-refractivity contribution is 5.78. The molecule has 2 heterocycles. The molecule has 5 heteroatoms. The van der Waals surface area contributed by atoms with Crippen molar-refractivity contribution in [2.75, 3.05) is 25.0 Å². The summed E-state index contributed by atoms with van der Waals surface area (Å²) >= 11 is 0. The fourth-order valence-electron chi connectivity index (χ4n) is 2.63. The molecule has 1 aliphatic rings. The highest BCUT2D eigenvalue weighted by Gasteiger charge is 2.25. The Morgan fingerprint density at radius 1 is 1.53 bits per heavy atom. The van der Waals surface area contributed by atoms with Crippen molar-refractivity contribution in [3.63, 3.8) is 0 Å². The summed E-state index contributed by atoms with van der Waals surface area (Å²) in [5.74, 6) is 1.32. The molecule has 1 fully saturated rings. The average Bonchev–Trinajstić information content (AvgIpc) is 2.46. The molecule has 0 bridgehead atoms. The Balaban J connectivity index is 2.03. The highest BCUT2D eigenvalue weighted by Crippen LogP contribution is 2.24. The van der Waals surface area contributed by atoms with Gasteiger partial charge in [0.25, 0.3) is 0 Å². The monoisotopic (exact) mass is 262 g/mol. The average molecular weight is 262 g/mol. The molecule has 104 valence electrons. The number of aryl methyl sites for hydroxylation is 1. The molecule has 19 heavy (non-hydrogen) atoms. The first-order valence-corrected chi connectivity index (χ1v) is 6.77. The molecular formula is C14H22N4O. The summed E-state index contributed by atoms with van der Waals surface area (Å²) in [7, 11) is 1.70. The summed E-state index contributed by atoms with van der Waals surface area (Å²) in [6.45, 7) is 4.35. The number of rotatable bonds is 3. The number of carbonyl (C=O) groups is 1. The van der Waals surface area contributed by atoms with E-state index in [2.05, 4.69) is 28.2 Å². The minimum absolute atomic E-state index is 0.143. The maximum atomic E-state index is 11.6. The molecule has 0 saturated carbocycles. The summed E-state index contributed by atoms with van der Waals surface area (Å²) in [6.07, 6.45) is 3.62. The van der Waals surface area contributed by atoms with E-state index >= 15 is 0 Å². The van der Waals surface area contributed by atoms with Crippen molar-refractivity contribution in [2.45, 2.75) is 26.3 Å². The first kappa shape index (κ1) is 13.8. The predicted molar refractivity (Wildman–Crippen MR) is 75.9 cm³/mol. The predicted octanol–water partition coefficient (Wildman–Crippen LogP) is 0.811. The summed E-state index contributed by atoms with van der Waals surface area (Å²) in [6, 6.07) is 2.09. The molecule has 2 rings (SSSR count). The maximum absolute atomic E-state index is 11.6. The molecule has 1 saturated heterocycles. The third kappa shape index (κ3) is 3.04. The van der Waals surface area contributed by atoms with Gasteiger partial charge in [0, 0.05) is 38.8 Å². The molecule has 0 spiro atoms. The third-order valence-corrected chi connectivity index (χ3v) is 3.75. The first-order valence-electron chi connectivity index (χ1n) is 6.77. The number of amides is 1. The smallest absolute Gasteiger partial charge is 0.222 e. The fraction of sp³-hybridized carbons (Fsp3) is 0.571. The van der Waals surface area contributed by atoms with E-state index in [-0.39, 0.29) is 11.8 Å². The third-order valence-electron chi connectivity index (χ3n) is 3.75. The van der Waals surface area contributed by atoms with Gasteiger partial charge in [-0.15, -0.1) is 0 Å². The van der Waals surface area contributed by atoms with Crippen LogP contribution in [0, 0.1) is 12.8 Å². The molecule has 0 aromatic carbocycles. The lowest BCUT2D eigenvalue weighted by atomic mass is 9.95. The number of hydrogen-bond donors (Lipinski definition) is 2. The van der Waals surface area contributed by atoms with Crippen LogP contribution in [0.15, 0.2) is 12.3 Å². The second-order valence-electron chi connectivity index (χ2n) is 5.06. The minimum atomic E-state index is 0.143. The quantitative estimate of drug-likeness (QED) is 0.845. The second-order valence-corrected chi connectivity index (χ2v) is 5.06. The first-order chi connectivity index (χ1) is 9.15. The van der Waals surface area contributed by atoms with Gasteiger partial charge in [-0.05, 0) is 37.0 Å². The van der Waals surface area contributed by atoms with Crippen LogP contribution in [0.2, 0.25) is 0 Å². The number of aromatic nitrogens is 1. The molecule has 1 amide bonds. The van der Waals surface area contributed by atoms with E-state index in [9.17, 15) is 4.79 Å². The molecular weight excluding hydrogens is 240 g/mol. The van der Waals surface area contributed by atoms with Crippen molar-refractivity contribution in [3.8, 4) is 0 Å². The van der Waals surface area contributed by atoms with Gasteiger partial charge >= 0.3 is 0 Å². The van der Waals surface area contributed by atoms with Crippen molar-refractivity contribution in [2.24, 2.45) is 11.7 Å². The molecule has 5 nitrogen and oxygen atoms in total. The number of carbonyl (C=O) groups excluding carboxylic acids is 1. The SMILES string of the molecule is CNC(=O)C1CCN(c2ncc(CN)cc2C)CC1. The molecule has 0 radical (unpaired) electrons. The number of pyridine rings is 1. The Morgan fingerprint density at radius 2 is 2.21 bits per heavy atom. The summed E-state index contributed by atoms with van der Waals surface area (Å²) in [5, 5.41) is 2.73. The number of nitrogens with two attached hydrogens (primary N) is 1. The minimum Gasteiger partial charge on any atom is -0.359 e. The van der Waals surface area contributed by atoms with Crippen molar-refractivity contribution in [1.29, 1.82) is 0 Å². The zero-order chi connectivity index (χ0) is 13.8. The van der Waals surface area contributed by atoms with Gasteiger partial charge in [-0.3, -0.25) is 4.79 Å². The summed E-state index contributed by atoms with van der Waals surface area (Å²) in [4.78, 5) is 18.4. The normalized spacial score (nSPS) is 16.5. The van der Waals surface area contributed by atoms with E-state index in [0.717, 1.165) is 42.9 Å². The van der Waals surface area contributed by atoms with Crippen LogP contribution in [-0.4, -0.2) is 31.0 Å². The zero-order valence-electron chi connectivity index (χ0n) is 11.6. The van der Waals surface area contributed by atoms with Crippen LogP contribution in [0.1, 0.15) is 24.0 Å². The van der Waals surface area contributed by atoms with Crippen LogP contribution in [0.5, 0.6) is 0 Å². The van der Waals surface area contributed by atoms with Gasteiger partial charge in [-0.1, -0.05) is 0 Å². The Kier molecular flexibility index (Phi) is 4.37. The molecule has 3 N–H and O–H groups in total. The molecule has 0 aliphatic carbocycles. The Hall–Kier alpha value is -1.62. The van der Waals surface area contributed by atoms with Gasteiger partial charge in [-0.25, -0.2) is 4.98 Å².